The fourth-order valence-corrected chi connectivity index (χ4v) is 3.05. The Morgan fingerprint density at radius 3 is 2.74 bits per heavy atom. The molecule has 144 valence electrons. The molecule has 7 heteroatoms. The van der Waals surface area contributed by atoms with Gasteiger partial charge in [0.2, 0.25) is 0 Å². The van der Waals surface area contributed by atoms with Crippen molar-refractivity contribution in [3.8, 4) is 0 Å². The number of hydrogen-bond donors (Lipinski definition) is 1. The van der Waals surface area contributed by atoms with Crippen LogP contribution in [0.25, 0.3) is 0 Å². The summed E-state index contributed by atoms with van der Waals surface area (Å²) in [6.45, 7) is 8.39. The van der Waals surface area contributed by atoms with Crippen LogP contribution in [0.5, 0.6) is 0 Å². The lowest BCUT2D eigenvalue weighted by Gasteiger charge is -2.26. The standard InChI is InChI=1S/C20H27N5O2/c1-2-25(15-17-6-4-3-5-7-17)19-14-18(22-16-23-19)20(26)21-8-9-24-10-12-27-13-11-24/h3-7,14,16H,2,8-13,15H2,1H3,(H,21,26). The topological polar surface area (TPSA) is 70.6 Å². The van der Waals surface area contributed by atoms with Crippen molar-refractivity contribution in [3.63, 3.8) is 0 Å². The van der Waals surface area contributed by atoms with Crippen LogP contribution in [-0.2, 0) is 11.3 Å². The Morgan fingerprint density at radius 2 is 2.00 bits per heavy atom. The molecule has 0 aliphatic carbocycles. The lowest BCUT2D eigenvalue weighted by Crippen LogP contribution is -2.41. The Bertz CT molecular complexity index is 719. The molecule has 2 aromatic rings. The van der Waals surface area contributed by atoms with Crippen LogP contribution in [0.3, 0.4) is 0 Å². The zero-order valence-electron chi connectivity index (χ0n) is 15.8. The molecule has 0 saturated carbocycles. The fourth-order valence-electron chi connectivity index (χ4n) is 3.05. The minimum absolute atomic E-state index is 0.164. The van der Waals surface area contributed by atoms with Gasteiger partial charge in [-0.05, 0) is 12.5 Å². The molecular formula is C20H27N5O2. The van der Waals surface area contributed by atoms with E-state index >= 15 is 0 Å². The van der Waals surface area contributed by atoms with Crippen molar-refractivity contribution in [2.24, 2.45) is 0 Å². The van der Waals surface area contributed by atoms with E-state index in [1.54, 1.807) is 6.07 Å². The highest BCUT2D eigenvalue weighted by molar-refractivity contribution is 5.92. The minimum Gasteiger partial charge on any atom is -0.379 e. The van der Waals surface area contributed by atoms with E-state index in [1.807, 2.05) is 18.2 Å². The van der Waals surface area contributed by atoms with Gasteiger partial charge in [0.25, 0.3) is 5.91 Å². The van der Waals surface area contributed by atoms with Gasteiger partial charge in [0, 0.05) is 45.3 Å². The molecule has 7 nitrogen and oxygen atoms in total. The fraction of sp³-hybridized carbons (Fsp3) is 0.450. The average molecular weight is 369 g/mol. The zero-order chi connectivity index (χ0) is 18.9. The molecule has 1 aromatic heterocycles. The van der Waals surface area contributed by atoms with Crippen molar-refractivity contribution in [2.75, 3.05) is 50.8 Å². The van der Waals surface area contributed by atoms with Gasteiger partial charge in [-0.3, -0.25) is 9.69 Å². The summed E-state index contributed by atoms with van der Waals surface area (Å²) in [5.41, 5.74) is 1.60. The highest BCUT2D eigenvalue weighted by atomic mass is 16.5. The second kappa shape index (κ2) is 9.99. The van der Waals surface area contributed by atoms with Crippen LogP contribution in [-0.4, -0.2) is 66.7 Å². The number of amides is 1. The third kappa shape index (κ3) is 5.74. The van der Waals surface area contributed by atoms with E-state index in [2.05, 4.69) is 44.1 Å². The van der Waals surface area contributed by atoms with Gasteiger partial charge >= 0.3 is 0 Å². The summed E-state index contributed by atoms with van der Waals surface area (Å²) in [4.78, 5) is 25.4. The summed E-state index contributed by atoms with van der Waals surface area (Å²) in [6.07, 6.45) is 1.46. The zero-order valence-corrected chi connectivity index (χ0v) is 15.8. The number of carbonyl (C=O) groups excluding carboxylic acids is 1. The maximum atomic E-state index is 12.4. The third-order valence-electron chi connectivity index (χ3n) is 4.62. The number of anilines is 1. The molecule has 0 bridgehead atoms. The smallest absolute Gasteiger partial charge is 0.270 e. The van der Waals surface area contributed by atoms with Crippen molar-refractivity contribution in [1.29, 1.82) is 0 Å². The molecule has 0 radical (unpaired) electrons. The van der Waals surface area contributed by atoms with Crippen LogP contribution in [0.15, 0.2) is 42.7 Å². The van der Waals surface area contributed by atoms with Crippen LogP contribution in [0.1, 0.15) is 23.0 Å². The number of benzene rings is 1. The molecular weight excluding hydrogens is 342 g/mol. The molecule has 0 atom stereocenters. The van der Waals surface area contributed by atoms with E-state index < -0.39 is 0 Å². The Balaban J connectivity index is 1.57. The molecule has 0 unspecified atom stereocenters. The number of rotatable bonds is 8. The van der Waals surface area contributed by atoms with Gasteiger partial charge in [-0.2, -0.15) is 0 Å². The first-order chi connectivity index (χ1) is 13.3. The summed E-state index contributed by atoms with van der Waals surface area (Å²) in [7, 11) is 0. The lowest BCUT2D eigenvalue weighted by molar-refractivity contribution is 0.0383. The average Bonchev–Trinajstić information content (AvgIpc) is 2.73. The highest BCUT2D eigenvalue weighted by Gasteiger charge is 2.14. The molecule has 1 aliphatic rings. The third-order valence-corrected chi connectivity index (χ3v) is 4.62. The highest BCUT2D eigenvalue weighted by Crippen LogP contribution is 2.14. The molecule has 1 N–H and O–H groups in total. The Kier molecular flexibility index (Phi) is 7.12. The first-order valence-corrected chi connectivity index (χ1v) is 9.45. The first-order valence-electron chi connectivity index (χ1n) is 9.45. The van der Waals surface area contributed by atoms with Gasteiger partial charge in [0.1, 0.15) is 17.8 Å². The van der Waals surface area contributed by atoms with Crippen LogP contribution < -0.4 is 10.2 Å². The van der Waals surface area contributed by atoms with Gasteiger partial charge < -0.3 is 15.0 Å². The molecule has 27 heavy (non-hydrogen) atoms. The van der Waals surface area contributed by atoms with Gasteiger partial charge in [-0.1, -0.05) is 30.3 Å². The van der Waals surface area contributed by atoms with E-state index in [1.165, 1.54) is 11.9 Å². The summed E-state index contributed by atoms with van der Waals surface area (Å²) in [6, 6.07) is 12.0. The molecule has 0 spiro atoms. The number of hydrogen-bond acceptors (Lipinski definition) is 6. The summed E-state index contributed by atoms with van der Waals surface area (Å²) < 4.78 is 5.33. The van der Waals surface area contributed by atoms with E-state index in [0.717, 1.165) is 51.8 Å². The van der Waals surface area contributed by atoms with E-state index in [4.69, 9.17) is 4.74 Å². The van der Waals surface area contributed by atoms with Crippen molar-refractivity contribution < 1.29 is 9.53 Å². The van der Waals surface area contributed by atoms with Gasteiger partial charge in [0.05, 0.1) is 13.2 Å². The van der Waals surface area contributed by atoms with Gasteiger partial charge in [-0.15, -0.1) is 0 Å². The second-order valence-corrected chi connectivity index (χ2v) is 6.47. The number of morpholine rings is 1. The van der Waals surface area contributed by atoms with Crippen LogP contribution in [0, 0.1) is 0 Å². The summed E-state index contributed by atoms with van der Waals surface area (Å²) >= 11 is 0. The Morgan fingerprint density at radius 1 is 1.22 bits per heavy atom. The molecule has 1 fully saturated rings. The Hall–Kier alpha value is -2.51. The molecule has 1 aromatic carbocycles. The van der Waals surface area contributed by atoms with Crippen LogP contribution >= 0.6 is 0 Å². The van der Waals surface area contributed by atoms with Crippen molar-refractivity contribution in [3.05, 3.63) is 54.0 Å². The van der Waals surface area contributed by atoms with Crippen LogP contribution in [0.4, 0.5) is 5.82 Å². The van der Waals surface area contributed by atoms with E-state index in [-0.39, 0.29) is 5.91 Å². The predicted molar refractivity (Wildman–Crippen MR) is 105 cm³/mol. The molecule has 3 rings (SSSR count). The number of nitrogens with zero attached hydrogens (tertiary/aromatic N) is 4. The molecule has 1 saturated heterocycles. The van der Waals surface area contributed by atoms with Crippen molar-refractivity contribution in [2.45, 2.75) is 13.5 Å². The number of ether oxygens (including phenoxy) is 1. The second-order valence-electron chi connectivity index (χ2n) is 6.47. The Labute approximate surface area is 160 Å². The van der Waals surface area contributed by atoms with Crippen molar-refractivity contribution in [1.82, 2.24) is 20.2 Å². The quantitative estimate of drug-likeness (QED) is 0.762. The van der Waals surface area contributed by atoms with Crippen molar-refractivity contribution >= 4 is 11.7 Å². The molecule has 1 aliphatic heterocycles. The van der Waals surface area contributed by atoms with Crippen LogP contribution in [0.2, 0.25) is 0 Å². The monoisotopic (exact) mass is 369 g/mol. The normalized spacial score (nSPS) is 14.7. The largest absolute Gasteiger partial charge is 0.379 e. The molecule has 2 heterocycles. The maximum absolute atomic E-state index is 12.4. The SMILES string of the molecule is CCN(Cc1ccccc1)c1cc(C(=O)NCCN2CCOCC2)ncn1. The summed E-state index contributed by atoms with van der Waals surface area (Å²) in [5.74, 6) is 0.595. The lowest BCUT2D eigenvalue weighted by atomic mass is 10.2. The van der Waals surface area contributed by atoms with Gasteiger partial charge in [0.15, 0.2) is 0 Å². The minimum atomic E-state index is -0.164. The number of carbonyl (C=O) groups is 1. The number of aromatic nitrogens is 2. The van der Waals surface area contributed by atoms with E-state index in [9.17, 15) is 4.79 Å². The first kappa shape index (κ1) is 19.3. The summed E-state index contributed by atoms with van der Waals surface area (Å²) in [5, 5.41) is 2.95. The van der Waals surface area contributed by atoms with E-state index in [0.29, 0.717) is 12.2 Å². The number of nitrogens with one attached hydrogen (secondary N) is 1. The maximum Gasteiger partial charge on any atom is 0.270 e. The molecule has 1 amide bonds. The predicted octanol–water partition coefficient (Wildman–Crippen LogP) is 1.57. The van der Waals surface area contributed by atoms with Gasteiger partial charge in [-0.25, -0.2) is 9.97 Å².